The number of benzene rings is 1. The van der Waals surface area contributed by atoms with Crippen LogP contribution in [-0.4, -0.2) is 66.3 Å². The van der Waals surface area contributed by atoms with Crippen LogP contribution in [0.5, 0.6) is 5.75 Å². The molecule has 1 aliphatic rings. The van der Waals surface area contributed by atoms with Crippen molar-refractivity contribution in [3.8, 4) is 5.75 Å². The Morgan fingerprint density at radius 2 is 1.96 bits per heavy atom. The lowest BCUT2D eigenvalue weighted by Gasteiger charge is -2.40. The fourth-order valence-electron chi connectivity index (χ4n) is 2.93. The van der Waals surface area contributed by atoms with Crippen molar-refractivity contribution in [3.05, 3.63) is 29.8 Å². The lowest BCUT2D eigenvalue weighted by molar-refractivity contribution is 0.0472. The Bertz CT molecular complexity index is 468. The van der Waals surface area contributed by atoms with Gasteiger partial charge in [0, 0.05) is 38.8 Å². The molecule has 4 nitrogen and oxygen atoms in total. The number of nitrogens with zero attached hydrogens (tertiary/aromatic N) is 2. The smallest absolute Gasteiger partial charge is 0.272 e. The number of halogens is 2. The van der Waals surface area contributed by atoms with Crippen LogP contribution in [0.2, 0.25) is 0 Å². The first-order chi connectivity index (χ1) is 10.9. The largest absolute Gasteiger partial charge is 0.488 e. The van der Waals surface area contributed by atoms with Crippen molar-refractivity contribution in [1.29, 1.82) is 0 Å². The minimum absolute atomic E-state index is 0.297. The van der Waals surface area contributed by atoms with Gasteiger partial charge in [-0.05, 0) is 31.5 Å². The van der Waals surface area contributed by atoms with Gasteiger partial charge in [-0.25, -0.2) is 8.78 Å². The highest BCUT2D eigenvalue weighted by molar-refractivity contribution is 5.27. The molecule has 2 rings (SSSR count). The van der Waals surface area contributed by atoms with Crippen molar-refractivity contribution in [2.45, 2.75) is 39.0 Å². The first kappa shape index (κ1) is 18.1. The third-order valence-electron chi connectivity index (χ3n) is 4.06. The summed E-state index contributed by atoms with van der Waals surface area (Å²) in [4.78, 5) is 4.68. The van der Waals surface area contributed by atoms with Gasteiger partial charge in [0.25, 0.3) is 6.43 Å². The molecule has 1 aliphatic heterocycles. The fraction of sp³-hybridized carbons (Fsp3) is 0.647. The van der Waals surface area contributed by atoms with E-state index in [0.717, 1.165) is 31.7 Å². The minimum atomic E-state index is -2.45. The minimum Gasteiger partial charge on any atom is -0.488 e. The van der Waals surface area contributed by atoms with Gasteiger partial charge in [-0.2, -0.15) is 0 Å². The van der Waals surface area contributed by atoms with E-state index < -0.39 is 13.0 Å². The number of hydrogen-bond acceptors (Lipinski definition) is 4. The van der Waals surface area contributed by atoms with Crippen LogP contribution in [0.3, 0.4) is 0 Å². The zero-order valence-corrected chi connectivity index (χ0v) is 13.8. The number of rotatable bonds is 7. The summed E-state index contributed by atoms with van der Waals surface area (Å²) in [5.41, 5.74) is 1.14. The van der Waals surface area contributed by atoms with Crippen molar-refractivity contribution in [3.63, 3.8) is 0 Å². The van der Waals surface area contributed by atoms with E-state index in [1.54, 1.807) is 12.1 Å². The summed E-state index contributed by atoms with van der Waals surface area (Å²) in [6.07, 6.45) is -2.75. The van der Waals surface area contributed by atoms with Gasteiger partial charge in [0.1, 0.15) is 12.4 Å². The second-order valence-corrected chi connectivity index (χ2v) is 6.27. The van der Waals surface area contributed by atoms with Crippen LogP contribution >= 0.6 is 0 Å². The number of aliphatic hydroxyl groups is 1. The Labute approximate surface area is 136 Å². The third-order valence-corrected chi connectivity index (χ3v) is 4.06. The van der Waals surface area contributed by atoms with E-state index in [4.69, 9.17) is 4.74 Å². The number of alkyl halides is 2. The molecule has 0 aliphatic carbocycles. The molecule has 2 atom stereocenters. The number of hydrogen-bond donors (Lipinski definition) is 1. The molecule has 1 saturated heterocycles. The van der Waals surface area contributed by atoms with Gasteiger partial charge in [-0.15, -0.1) is 0 Å². The standard InChI is InChI=1S/C17H26F2N2O2/c1-13-9-20(10-14(2)22)7-8-21(13)11-15-3-5-16(6-4-15)23-12-17(18)19/h3-6,13-14,17,22H,7-12H2,1-2H3/t13-,14+/m0/s1. The first-order valence-electron chi connectivity index (χ1n) is 8.08. The Hall–Kier alpha value is -1.24. The zero-order chi connectivity index (χ0) is 16.8. The lowest BCUT2D eigenvalue weighted by atomic mass is 10.1. The van der Waals surface area contributed by atoms with Gasteiger partial charge in [0.2, 0.25) is 0 Å². The van der Waals surface area contributed by atoms with Gasteiger partial charge in [-0.1, -0.05) is 12.1 Å². The van der Waals surface area contributed by atoms with Crippen molar-refractivity contribution in [2.75, 3.05) is 32.8 Å². The molecule has 1 N–H and O–H groups in total. The summed E-state index contributed by atoms with van der Waals surface area (Å²) >= 11 is 0. The molecule has 0 unspecified atom stereocenters. The molecule has 0 bridgehead atoms. The van der Waals surface area contributed by atoms with Crippen molar-refractivity contribution < 1.29 is 18.6 Å². The molecule has 0 spiro atoms. The maximum absolute atomic E-state index is 12.1. The van der Waals surface area contributed by atoms with E-state index in [1.807, 2.05) is 19.1 Å². The second-order valence-electron chi connectivity index (χ2n) is 6.27. The number of piperazine rings is 1. The Balaban J connectivity index is 1.83. The van der Waals surface area contributed by atoms with E-state index in [0.29, 0.717) is 18.3 Å². The molecule has 0 aromatic heterocycles. The summed E-state index contributed by atoms with van der Waals surface area (Å²) < 4.78 is 29.2. The Kier molecular flexibility index (Phi) is 6.74. The van der Waals surface area contributed by atoms with Gasteiger partial charge in [0.15, 0.2) is 0 Å². The normalized spacial score (nSPS) is 21.6. The molecule has 0 radical (unpaired) electrons. The lowest BCUT2D eigenvalue weighted by Crippen LogP contribution is -2.52. The van der Waals surface area contributed by atoms with E-state index in [9.17, 15) is 13.9 Å². The molecule has 0 amide bonds. The van der Waals surface area contributed by atoms with Crippen LogP contribution in [-0.2, 0) is 6.54 Å². The second kappa shape index (κ2) is 8.57. The SMILES string of the molecule is C[C@@H](O)CN1CCN(Cc2ccc(OCC(F)F)cc2)[C@@H](C)C1. The summed E-state index contributed by atoms with van der Waals surface area (Å²) in [5, 5.41) is 9.48. The van der Waals surface area contributed by atoms with Gasteiger partial charge >= 0.3 is 0 Å². The van der Waals surface area contributed by atoms with Crippen LogP contribution in [0.15, 0.2) is 24.3 Å². The van der Waals surface area contributed by atoms with Crippen LogP contribution < -0.4 is 4.74 Å². The highest BCUT2D eigenvalue weighted by Crippen LogP contribution is 2.17. The highest BCUT2D eigenvalue weighted by Gasteiger charge is 2.24. The Morgan fingerprint density at radius 3 is 2.52 bits per heavy atom. The van der Waals surface area contributed by atoms with E-state index >= 15 is 0 Å². The molecule has 1 aromatic carbocycles. The molecule has 1 fully saturated rings. The van der Waals surface area contributed by atoms with E-state index in [1.165, 1.54) is 0 Å². The summed E-state index contributed by atoms with van der Waals surface area (Å²) in [5.74, 6) is 0.476. The number of β-amino-alcohol motifs (C(OH)–C–C–N with tert-alkyl or cyclic N) is 1. The molecule has 1 aromatic rings. The molecule has 0 saturated carbocycles. The van der Waals surface area contributed by atoms with Crippen molar-refractivity contribution in [1.82, 2.24) is 9.80 Å². The van der Waals surface area contributed by atoms with Crippen molar-refractivity contribution in [2.24, 2.45) is 0 Å². The average molecular weight is 328 g/mol. The molecular formula is C17H26F2N2O2. The molecule has 130 valence electrons. The number of aliphatic hydroxyl groups excluding tert-OH is 1. The predicted molar refractivity (Wildman–Crippen MR) is 85.9 cm³/mol. The van der Waals surface area contributed by atoms with Crippen LogP contribution in [0, 0.1) is 0 Å². The highest BCUT2D eigenvalue weighted by atomic mass is 19.3. The molecule has 6 heteroatoms. The zero-order valence-electron chi connectivity index (χ0n) is 13.8. The summed E-state index contributed by atoms with van der Waals surface area (Å²) in [6.45, 7) is 7.83. The first-order valence-corrected chi connectivity index (χ1v) is 8.08. The molecular weight excluding hydrogens is 302 g/mol. The predicted octanol–water partition coefficient (Wildman–Crippen LogP) is 2.22. The summed E-state index contributed by atoms with van der Waals surface area (Å²) in [6, 6.07) is 7.75. The topological polar surface area (TPSA) is 35.9 Å². The quantitative estimate of drug-likeness (QED) is 0.833. The van der Waals surface area contributed by atoms with Gasteiger partial charge in [-0.3, -0.25) is 9.80 Å². The maximum atomic E-state index is 12.1. The monoisotopic (exact) mass is 328 g/mol. The van der Waals surface area contributed by atoms with Gasteiger partial charge < -0.3 is 9.84 Å². The number of ether oxygens (including phenoxy) is 1. The summed E-state index contributed by atoms with van der Waals surface area (Å²) in [7, 11) is 0. The van der Waals surface area contributed by atoms with Crippen LogP contribution in [0.25, 0.3) is 0 Å². The Morgan fingerprint density at radius 1 is 1.26 bits per heavy atom. The molecule has 1 heterocycles. The van der Waals surface area contributed by atoms with Crippen molar-refractivity contribution >= 4 is 0 Å². The van der Waals surface area contributed by atoms with E-state index in [2.05, 4.69) is 16.7 Å². The van der Waals surface area contributed by atoms with Gasteiger partial charge in [0.05, 0.1) is 6.10 Å². The van der Waals surface area contributed by atoms with E-state index in [-0.39, 0.29) is 6.10 Å². The molecule has 23 heavy (non-hydrogen) atoms. The van der Waals surface area contributed by atoms with Crippen LogP contribution in [0.1, 0.15) is 19.4 Å². The third kappa shape index (κ3) is 6.05. The maximum Gasteiger partial charge on any atom is 0.272 e. The fourth-order valence-corrected chi connectivity index (χ4v) is 2.93. The average Bonchev–Trinajstić information content (AvgIpc) is 2.48. The van der Waals surface area contributed by atoms with Crippen LogP contribution in [0.4, 0.5) is 8.78 Å².